The van der Waals surface area contributed by atoms with E-state index in [1.165, 1.54) is 16.7 Å². The summed E-state index contributed by atoms with van der Waals surface area (Å²) in [5.74, 6) is 0. The average molecular weight is 265 g/mol. The maximum absolute atomic E-state index is 3.52. The predicted molar refractivity (Wildman–Crippen MR) is 87.7 cm³/mol. The number of hydrogen-bond donors (Lipinski definition) is 1. The Morgan fingerprint density at radius 3 is 2.35 bits per heavy atom. The van der Waals surface area contributed by atoms with Crippen LogP contribution in [0.3, 0.4) is 0 Å². The van der Waals surface area contributed by atoms with E-state index in [1.807, 2.05) is 6.07 Å². The minimum Gasteiger partial charge on any atom is -0.307 e. The highest BCUT2D eigenvalue weighted by atomic mass is 14.9. The zero-order chi connectivity index (χ0) is 14.2. The summed E-state index contributed by atoms with van der Waals surface area (Å²) in [5.41, 5.74) is 3.98. The Labute approximate surface area is 122 Å². The smallest absolute Gasteiger partial charge is 0.0294 e. The molecule has 20 heavy (non-hydrogen) atoms. The van der Waals surface area contributed by atoms with Gasteiger partial charge in [0.05, 0.1) is 0 Å². The molecule has 0 aliphatic rings. The van der Waals surface area contributed by atoms with Gasteiger partial charge >= 0.3 is 0 Å². The van der Waals surface area contributed by atoms with E-state index in [4.69, 9.17) is 0 Å². The Morgan fingerprint density at radius 1 is 1.00 bits per heavy atom. The number of nitrogens with one attached hydrogen (secondary N) is 1. The quantitative estimate of drug-likeness (QED) is 0.804. The number of benzene rings is 2. The second-order valence-corrected chi connectivity index (χ2v) is 5.04. The molecule has 1 nitrogen and oxygen atoms in total. The third-order valence-corrected chi connectivity index (χ3v) is 3.54. The fourth-order valence-corrected chi connectivity index (χ4v) is 2.16. The lowest BCUT2D eigenvalue weighted by atomic mass is 10.1. The van der Waals surface area contributed by atoms with Crippen LogP contribution >= 0.6 is 0 Å². The molecule has 1 unspecified atom stereocenters. The molecule has 0 saturated heterocycles. The van der Waals surface area contributed by atoms with Crippen LogP contribution in [-0.2, 0) is 6.42 Å². The molecule has 0 radical (unpaired) electrons. The van der Waals surface area contributed by atoms with Gasteiger partial charge in [0.2, 0.25) is 0 Å². The normalized spacial score (nSPS) is 12.7. The first-order chi connectivity index (χ1) is 9.79. The first-order valence-electron chi connectivity index (χ1n) is 7.33. The molecule has 0 aromatic heterocycles. The van der Waals surface area contributed by atoms with E-state index in [1.54, 1.807) is 0 Å². The van der Waals surface area contributed by atoms with Crippen LogP contribution in [0, 0.1) is 0 Å². The summed E-state index contributed by atoms with van der Waals surface area (Å²) in [6, 6.07) is 19.6. The van der Waals surface area contributed by atoms with Gasteiger partial charge in [0.25, 0.3) is 0 Å². The summed E-state index contributed by atoms with van der Waals surface area (Å²) in [6.07, 6.45) is 5.42. The molecule has 0 aliphatic heterocycles. The molecule has 0 spiro atoms. The van der Waals surface area contributed by atoms with Gasteiger partial charge < -0.3 is 5.32 Å². The maximum Gasteiger partial charge on any atom is 0.0294 e. The summed E-state index contributed by atoms with van der Waals surface area (Å²) in [5, 5.41) is 3.52. The SMILES string of the molecule is CCc1ccc(C(C)NCC=Cc2ccccc2)cc1. The van der Waals surface area contributed by atoms with E-state index >= 15 is 0 Å². The second-order valence-electron chi connectivity index (χ2n) is 5.04. The molecule has 1 N–H and O–H groups in total. The van der Waals surface area contributed by atoms with Crippen molar-refractivity contribution in [3.05, 3.63) is 77.4 Å². The van der Waals surface area contributed by atoms with Crippen LogP contribution < -0.4 is 5.32 Å². The molecule has 0 bridgehead atoms. The van der Waals surface area contributed by atoms with Crippen molar-refractivity contribution < 1.29 is 0 Å². The van der Waals surface area contributed by atoms with E-state index in [2.05, 4.69) is 79.8 Å². The predicted octanol–water partition coefficient (Wildman–Crippen LogP) is 4.61. The van der Waals surface area contributed by atoms with Crippen molar-refractivity contribution in [3.63, 3.8) is 0 Å². The van der Waals surface area contributed by atoms with Gasteiger partial charge in [0.1, 0.15) is 0 Å². The van der Waals surface area contributed by atoms with Gasteiger partial charge in [-0.15, -0.1) is 0 Å². The minimum absolute atomic E-state index is 0.376. The molecule has 0 aliphatic carbocycles. The Morgan fingerprint density at radius 2 is 1.70 bits per heavy atom. The molecule has 0 heterocycles. The van der Waals surface area contributed by atoms with Crippen molar-refractivity contribution >= 4 is 6.08 Å². The average Bonchev–Trinajstić information content (AvgIpc) is 2.52. The number of aryl methyl sites for hydroxylation is 1. The Kier molecular flexibility index (Phi) is 5.57. The van der Waals surface area contributed by atoms with Crippen molar-refractivity contribution in [2.45, 2.75) is 26.3 Å². The van der Waals surface area contributed by atoms with Crippen LogP contribution in [0.25, 0.3) is 6.08 Å². The van der Waals surface area contributed by atoms with Crippen LogP contribution in [0.1, 0.15) is 36.6 Å². The van der Waals surface area contributed by atoms with Gasteiger partial charge in [0, 0.05) is 12.6 Å². The molecular formula is C19H23N. The molecule has 2 aromatic rings. The van der Waals surface area contributed by atoms with Gasteiger partial charge in [0.15, 0.2) is 0 Å². The summed E-state index contributed by atoms with van der Waals surface area (Å²) < 4.78 is 0. The van der Waals surface area contributed by atoms with Crippen molar-refractivity contribution in [3.8, 4) is 0 Å². The van der Waals surface area contributed by atoms with Crippen molar-refractivity contribution in [2.24, 2.45) is 0 Å². The monoisotopic (exact) mass is 265 g/mol. The van der Waals surface area contributed by atoms with E-state index in [0.717, 1.165) is 13.0 Å². The first-order valence-corrected chi connectivity index (χ1v) is 7.33. The fourth-order valence-electron chi connectivity index (χ4n) is 2.16. The fraction of sp³-hybridized carbons (Fsp3) is 0.263. The molecule has 1 heteroatoms. The minimum atomic E-state index is 0.376. The Hall–Kier alpha value is -1.86. The van der Waals surface area contributed by atoms with Crippen molar-refractivity contribution in [1.82, 2.24) is 5.32 Å². The third kappa shape index (κ3) is 4.36. The standard InChI is InChI=1S/C19H23N/c1-3-17-11-13-19(14-12-17)16(2)20-15-7-10-18-8-5-4-6-9-18/h4-14,16,20H,3,15H2,1-2H3. The lowest BCUT2D eigenvalue weighted by Gasteiger charge is -2.13. The number of hydrogen-bond acceptors (Lipinski definition) is 1. The highest BCUT2D eigenvalue weighted by molar-refractivity contribution is 5.48. The van der Waals surface area contributed by atoms with Gasteiger partial charge in [-0.25, -0.2) is 0 Å². The van der Waals surface area contributed by atoms with E-state index in [-0.39, 0.29) is 0 Å². The topological polar surface area (TPSA) is 12.0 Å². The largest absolute Gasteiger partial charge is 0.307 e. The first kappa shape index (κ1) is 14.5. The van der Waals surface area contributed by atoms with Crippen molar-refractivity contribution in [2.75, 3.05) is 6.54 Å². The molecule has 104 valence electrons. The Balaban J connectivity index is 1.82. The van der Waals surface area contributed by atoms with Crippen LogP contribution in [0.4, 0.5) is 0 Å². The molecule has 2 rings (SSSR count). The zero-order valence-corrected chi connectivity index (χ0v) is 12.3. The van der Waals surface area contributed by atoms with Gasteiger partial charge in [-0.05, 0) is 30.0 Å². The molecule has 0 saturated carbocycles. The van der Waals surface area contributed by atoms with Gasteiger partial charge in [-0.2, -0.15) is 0 Å². The molecule has 1 atom stereocenters. The zero-order valence-electron chi connectivity index (χ0n) is 12.3. The lowest BCUT2D eigenvalue weighted by molar-refractivity contribution is 0.618. The van der Waals surface area contributed by atoms with E-state index in [0.29, 0.717) is 6.04 Å². The lowest BCUT2D eigenvalue weighted by Crippen LogP contribution is -2.18. The highest BCUT2D eigenvalue weighted by Crippen LogP contribution is 2.13. The third-order valence-electron chi connectivity index (χ3n) is 3.54. The van der Waals surface area contributed by atoms with Gasteiger partial charge in [-0.3, -0.25) is 0 Å². The van der Waals surface area contributed by atoms with Gasteiger partial charge in [-0.1, -0.05) is 73.7 Å². The van der Waals surface area contributed by atoms with E-state index < -0.39 is 0 Å². The maximum atomic E-state index is 3.52. The summed E-state index contributed by atoms with van der Waals surface area (Å²) >= 11 is 0. The highest BCUT2D eigenvalue weighted by Gasteiger charge is 2.02. The Bertz CT molecular complexity index is 525. The van der Waals surface area contributed by atoms with Crippen LogP contribution in [0.15, 0.2) is 60.7 Å². The molecular weight excluding hydrogens is 242 g/mol. The van der Waals surface area contributed by atoms with Crippen LogP contribution in [0.2, 0.25) is 0 Å². The van der Waals surface area contributed by atoms with Crippen molar-refractivity contribution in [1.29, 1.82) is 0 Å². The van der Waals surface area contributed by atoms with Crippen LogP contribution in [-0.4, -0.2) is 6.54 Å². The van der Waals surface area contributed by atoms with Crippen LogP contribution in [0.5, 0.6) is 0 Å². The van der Waals surface area contributed by atoms with E-state index in [9.17, 15) is 0 Å². The summed E-state index contributed by atoms with van der Waals surface area (Å²) in [6.45, 7) is 5.27. The molecule has 2 aromatic carbocycles. The molecule has 0 fully saturated rings. The number of rotatable bonds is 6. The molecule has 0 amide bonds. The second kappa shape index (κ2) is 7.66. The summed E-state index contributed by atoms with van der Waals surface area (Å²) in [7, 11) is 0. The summed E-state index contributed by atoms with van der Waals surface area (Å²) in [4.78, 5) is 0.